The fraction of sp³-hybridized carbons (Fsp3) is 0.294. The first-order valence-corrected chi connectivity index (χ1v) is 7.11. The molecule has 4 nitrogen and oxygen atoms in total. The van der Waals surface area contributed by atoms with Crippen molar-refractivity contribution in [3.05, 3.63) is 65.0 Å². The Morgan fingerprint density at radius 2 is 1.95 bits per heavy atom. The molecule has 2 aromatic rings. The van der Waals surface area contributed by atoms with Gasteiger partial charge >= 0.3 is 5.97 Å². The highest BCUT2D eigenvalue weighted by atomic mass is 16.4. The van der Waals surface area contributed by atoms with Crippen LogP contribution in [0.1, 0.15) is 47.2 Å². The monoisotopic (exact) mass is 284 g/mol. The SMILES string of the molecule is CCc1ccc(C(C)NCc2cccc(C(=O)O)n2)cc1. The second-order valence-corrected chi connectivity index (χ2v) is 5.02. The van der Waals surface area contributed by atoms with Crippen molar-refractivity contribution >= 4 is 5.97 Å². The third-order valence-corrected chi connectivity index (χ3v) is 3.50. The molecule has 0 amide bonds. The van der Waals surface area contributed by atoms with E-state index in [1.165, 1.54) is 17.2 Å². The summed E-state index contributed by atoms with van der Waals surface area (Å²) >= 11 is 0. The lowest BCUT2D eigenvalue weighted by atomic mass is 10.0. The van der Waals surface area contributed by atoms with Crippen molar-refractivity contribution in [1.82, 2.24) is 10.3 Å². The van der Waals surface area contributed by atoms with Crippen LogP contribution in [0.15, 0.2) is 42.5 Å². The molecule has 2 N–H and O–H groups in total. The smallest absolute Gasteiger partial charge is 0.354 e. The Labute approximate surface area is 124 Å². The lowest BCUT2D eigenvalue weighted by molar-refractivity contribution is 0.0690. The number of nitrogens with one attached hydrogen (secondary N) is 1. The Balaban J connectivity index is 1.98. The first kappa shape index (κ1) is 15.2. The van der Waals surface area contributed by atoms with Crippen LogP contribution in [0.25, 0.3) is 0 Å². The van der Waals surface area contributed by atoms with Crippen LogP contribution < -0.4 is 5.32 Å². The van der Waals surface area contributed by atoms with E-state index >= 15 is 0 Å². The topological polar surface area (TPSA) is 62.2 Å². The van der Waals surface area contributed by atoms with Crippen LogP contribution in [0, 0.1) is 0 Å². The Kier molecular flexibility index (Phi) is 5.06. The molecular weight excluding hydrogens is 264 g/mol. The van der Waals surface area contributed by atoms with Crippen LogP contribution in [0.5, 0.6) is 0 Å². The summed E-state index contributed by atoms with van der Waals surface area (Å²) in [5.41, 5.74) is 3.34. The van der Waals surface area contributed by atoms with Crippen LogP contribution in [0.4, 0.5) is 0 Å². The molecule has 1 aromatic carbocycles. The van der Waals surface area contributed by atoms with Crippen molar-refractivity contribution in [2.24, 2.45) is 0 Å². The predicted molar refractivity (Wildman–Crippen MR) is 82.3 cm³/mol. The number of benzene rings is 1. The number of nitrogens with zero attached hydrogens (tertiary/aromatic N) is 1. The van der Waals surface area contributed by atoms with Gasteiger partial charge in [0, 0.05) is 12.6 Å². The summed E-state index contributed by atoms with van der Waals surface area (Å²) < 4.78 is 0. The van der Waals surface area contributed by atoms with Crippen molar-refractivity contribution in [1.29, 1.82) is 0 Å². The van der Waals surface area contributed by atoms with E-state index in [1.807, 2.05) is 6.07 Å². The van der Waals surface area contributed by atoms with Crippen LogP contribution in [-0.4, -0.2) is 16.1 Å². The number of rotatable bonds is 6. The van der Waals surface area contributed by atoms with E-state index < -0.39 is 5.97 Å². The van der Waals surface area contributed by atoms with Crippen LogP contribution in [0.3, 0.4) is 0 Å². The minimum atomic E-state index is -1.000. The van der Waals surface area contributed by atoms with Crippen molar-refractivity contribution in [2.45, 2.75) is 32.9 Å². The van der Waals surface area contributed by atoms with E-state index in [1.54, 1.807) is 6.07 Å². The molecule has 1 atom stereocenters. The molecular formula is C17H20N2O2. The Hall–Kier alpha value is -2.20. The number of aryl methyl sites for hydroxylation is 1. The van der Waals surface area contributed by atoms with Gasteiger partial charge in [0.1, 0.15) is 5.69 Å². The number of hydrogen-bond donors (Lipinski definition) is 2. The van der Waals surface area contributed by atoms with Gasteiger partial charge in [0.2, 0.25) is 0 Å². The Morgan fingerprint density at radius 3 is 2.57 bits per heavy atom. The number of hydrogen-bond acceptors (Lipinski definition) is 3. The Morgan fingerprint density at radius 1 is 1.24 bits per heavy atom. The predicted octanol–water partition coefficient (Wildman–Crippen LogP) is 3.19. The van der Waals surface area contributed by atoms with E-state index in [2.05, 4.69) is 48.4 Å². The van der Waals surface area contributed by atoms with Gasteiger partial charge in [-0.2, -0.15) is 0 Å². The molecule has 0 aliphatic rings. The maximum atomic E-state index is 10.9. The van der Waals surface area contributed by atoms with Crippen LogP contribution >= 0.6 is 0 Å². The summed E-state index contributed by atoms with van der Waals surface area (Å²) in [6, 6.07) is 13.7. The highest BCUT2D eigenvalue weighted by molar-refractivity contribution is 5.85. The largest absolute Gasteiger partial charge is 0.477 e. The Bertz CT molecular complexity index is 608. The second kappa shape index (κ2) is 6.99. The average Bonchev–Trinajstić information content (AvgIpc) is 2.53. The molecule has 0 aliphatic heterocycles. The molecule has 1 aromatic heterocycles. The van der Waals surface area contributed by atoms with Gasteiger partial charge in [0.25, 0.3) is 0 Å². The third-order valence-electron chi connectivity index (χ3n) is 3.50. The number of carboxylic acid groups (broad SMARTS) is 1. The fourth-order valence-corrected chi connectivity index (χ4v) is 2.11. The van der Waals surface area contributed by atoms with Gasteiger partial charge in [-0.3, -0.25) is 0 Å². The summed E-state index contributed by atoms with van der Waals surface area (Å²) in [6.45, 7) is 4.76. The van der Waals surface area contributed by atoms with Crippen molar-refractivity contribution in [3.63, 3.8) is 0 Å². The molecule has 0 spiro atoms. The van der Waals surface area contributed by atoms with Gasteiger partial charge in [0.15, 0.2) is 0 Å². The van der Waals surface area contributed by atoms with Gasteiger partial charge in [-0.15, -0.1) is 0 Å². The maximum absolute atomic E-state index is 10.9. The number of carbonyl (C=O) groups is 1. The van der Waals surface area contributed by atoms with Gasteiger partial charge < -0.3 is 10.4 Å². The summed E-state index contributed by atoms with van der Waals surface area (Å²) in [7, 11) is 0. The number of carboxylic acids is 1. The molecule has 1 unspecified atom stereocenters. The normalized spacial score (nSPS) is 12.1. The van der Waals surface area contributed by atoms with Gasteiger partial charge in [-0.05, 0) is 36.6 Å². The average molecular weight is 284 g/mol. The zero-order valence-corrected chi connectivity index (χ0v) is 12.3. The van der Waals surface area contributed by atoms with E-state index in [0.717, 1.165) is 12.1 Å². The molecule has 0 aliphatic carbocycles. The van der Waals surface area contributed by atoms with Crippen LogP contribution in [-0.2, 0) is 13.0 Å². The third kappa shape index (κ3) is 4.13. The number of aromatic carboxylic acids is 1. The molecule has 110 valence electrons. The highest BCUT2D eigenvalue weighted by Crippen LogP contribution is 2.14. The molecule has 0 saturated heterocycles. The van der Waals surface area contributed by atoms with Crippen molar-refractivity contribution in [3.8, 4) is 0 Å². The summed E-state index contributed by atoms with van der Waals surface area (Å²) in [6.07, 6.45) is 1.04. The van der Waals surface area contributed by atoms with Crippen molar-refractivity contribution < 1.29 is 9.90 Å². The van der Waals surface area contributed by atoms with Gasteiger partial charge in [-0.25, -0.2) is 9.78 Å². The summed E-state index contributed by atoms with van der Waals surface area (Å²) in [4.78, 5) is 15.0. The molecule has 0 fully saturated rings. The lowest BCUT2D eigenvalue weighted by Crippen LogP contribution is -2.19. The van der Waals surface area contributed by atoms with Crippen molar-refractivity contribution in [2.75, 3.05) is 0 Å². The minimum absolute atomic E-state index is 0.0780. The standard InChI is InChI=1S/C17H20N2O2/c1-3-13-7-9-14(10-8-13)12(2)18-11-15-5-4-6-16(19-15)17(20)21/h4-10,12,18H,3,11H2,1-2H3,(H,20,21). The van der Waals surface area contributed by atoms with E-state index in [0.29, 0.717) is 6.54 Å². The minimum Gasteiger partial charge on any atom is -0.477 e. The van der Waals surface area contributed by atoms with E-state index in [9.17, 15) is 4.79 Å². The summed E-state index contributed by atoms with van der Waals surface area (Å²) in [5.74, 6) is -1.000. The molecule has 0 bridgehead atoms. The lowest BCUT2D eigenvalue weighted by Gasteiger charge is -2.14. The number of pyridine rings is 1. The van der Waals surface area contributed by atoms with Crippen LogP contribution in [0.2, 0.25) is 0 Å². The first-order chi connectivity index (χ1) is 10.1. The van der Waals surface area contributed by atoms with E-state index in [-0.39, 0.29) is 11.7 Å². The highest BCUT2D eigenvalue weighted by Gasteiger charge is 2.08. The maximum Gasteiger partial charge on any atom is 0.354 e. The molecule has 0 radical (unpaired) electrons. The zero-order valence-electron chi connectivity index (χ0n) is 12.3. The van der Waals surface area contributed by atoms with Gasteiger partial charge in [0.05, 0.1) is 5.69 Å². The van der Waals surface area contributed by atoms with Gasteiger partial charge in [-0.1, -0.05) is 37.3 Å². The number of aromatic nitrogens is 1. The summed E-state index contributed by atoms with van der Waals surface area (Å²) in [5, 5.41) is 12.3. The van der Waals surface area contributed by atoms with E-state index in [4.69, 9.17) is 5.11 Å². The molecule has 1 heterocycles. The second-order valence-electron chi connectivity index (χ2n) is 5.02. The molecule has 2 rings (SSSR count). The zero-order chi connectivity index (χ0) is 15.2. The quantitative estimate of drug-likeness (QED) is 0.855. The fourth-order valence-electron chi connectivity index (χ4n) is 2.11. The molecule has 0 saturated carbocycles. The molecule has 21 heavy (non-hydrogen) atoms. The first-order valence-electron chi connectivity index (χ1n) is 7.11. The molecule has 4 heteroatoms.